The molecular formula is C12H12ClF2NO2. The van der Waals surface area contributed by atoms with Crippen LogP contribution in [0.1, 0.15) is 10.4 Å². The average Bonchev–Trinajstić information content (AvgIpc) is 2.38. The Morgan fingerprint density at radius 1 is 1.22 bits per heavy atom. The van der Waals surface area contributed by atoms with Crippen molar-refractivity contribution in [1.29, 1.82) is 0 Å². The molecule has 1 saturated heterocycles. The highest BCUT2D eigenvalue weighted by atomic mass is 35.5. The van der Waals surface area contributed by atoms with Gasteiger partial charge in [0.2, 0.25) is 5.78 Å². The van der Waals surface area contributed by atoms with Crippen LogP contribution in [0.5, 0.6) is 0 Å². The summed E-state index contributed by atoms with van der Waals surface area (Å²) >= 11 is 4.70. The minimum atomic E-state index is -3.85. The van der Waals surface area contributed by atoms with Gasteiger partial charge in [0.1, 0.15) is 0 Å². The Hall–Kier alpha value is -1.20. The summed E-state index contributed by atoms with van der Waals surface area (Å²) in [5.41, 5.74) is 0.791. The number of anilines is 1. The largest absolute Gasteiger partial charge is 0.384 e. The van der Waals surface area contributed by atoms with Crippen molar-refractivity contribution in [2.45, 2.75) is 5.38 Å². The molecular weight excluding hydrogens is 264 g/mol. The van der Waals surface area contributed by atoms with Crippen LogP contribution >= 0.6 is 11.6 Å². The monoisotopic (exact) mass is 275 g/mol. The summed E-state index contributed by atoms with van der Waals surface area (Å²) in [6.07, 6.45) is 0. The van der Waals surface area contributed by atoms with Gasteiger partial charge in [-0.3, -0.25) is 4.79 Å². The van der Waals surface area contributed by atoms with Gasteiger partial charge in [-0.1, -0.05) is 0 Å². The summed E-state index contributed by atoms with van der Waals surface area (Å²) in [4.78, 5) is 13.3. The van der Waals surface area contributed by atoms with E-state index in [2.05, 4.69) is 4.90 Å². The molecule has 18 heavy (non-hydrogen) atoms. The molecule has 0 N–H and O–H groups in total. The Morgan fingerprint density at radius 2 is 1.78 bits per heavy atom. The number of halogens is 3. The highest BCUT2D eigenvalue weighted by molar-refractivity contribution is 6.35. The van der Waals surface area contributed by atoms with E-state index in [0.717, 1.165) is 18.8 Å². The van der Waals surface area contributed by atoms with Crippen molar-refractivity contribution in [3.63, 3.8) is 0 Å². The van der Waals surface area contributed by atoms with E-state index in [-0.39, 0.29) is 5.56 Å². The van der Waals surface area contributed by atoms with E-state index >= 15 is 0 Å². The second kappa shape index (κ2) is 5.20. The number of rotatable bonds is 3. The zero-order valence-corrected chi connectivity index (χ0v) is 10.3. The van der Waals surface area contributed by atoms with Gasteiger partial charge in [0.05, 0.1) is 13.2 Å². The maximum absolute atomic E-state index is 12.6. The number of hydrogen-bond acceptors (Lipinski definition) is 3. The summed E-state index contributed by atoms with van der Waals surface area (Å²) in [6, 6.07) is 6.01. The number of carbonyl (C=O) groups excluding carboxylic acids is 1. The van der Waals surface area contributed by atoms with E-state index in [4.69, 9.17) is 16.3 Å². The predicted molar refractivity (Wildman–Crippen MR) is 64.6 cm³/mol. The number of alkyl halides is 3. The summed E-state index contributed by atoms with van der Waals surface area (Å²) in [7, 11) is 0. The summed E-state index contributed by atoms with van der Waals surface area (Å²) < 4.78 is 30.5. The number of Topliss-reactive ketones (excluding diaryl/α,β-unsaturated/α-hetero) is 1. The van der Waals surface area contributed by atoms with Crippen molar-refractivity contribution in [3.8, 4) is 0 Å². The Bertz CT molecular complexity index is 425. The van der Waals surface area contributed by atoms with Gasteiger partial charge in [-0.25, -0.2) is 0 Å². The van der Waals surface area contributed by atoms with Gasteiger partial charge in [-0.15, -0.1) is 0 Å². The molecule has 0 aliphatic carbocycles. The standard InChI is InChI=1S/C12H12ClF2NO2/c13-12(14,15)11(17)9-1-3-10(4-2-9)16-5-7-18-8-6-16/h1-4H,5-8H2. The zero-order valence-electron chi connectivity index (χ0n) is 9.54. The molecule has 0 radical (unpaired) electrons. The average molecular weight is 276 g/mol. The molecule has 0 amide bonds. The molecule has 1 aliphatic rings. The lowest BCUT2D eigenvalue weighted by atomic mass is 10.1. The molecule has 0 atom stereocenters. The van der Waals surface area contributed by atoms with Gasteiger partial charge in [0.15, 0.2) is 0 Å². The first-order valence-corrected chi connectivity index (χ1v) is 5.90. The van der Waals surface area contributed by atoms with Crippen LogP contribution in [0.25, 0.3) is 0 Å². The topological polar surface area (TPSA) is 29.5 Å². The van der Waals surface area contributed by atoms with Crippen molar-refractivity contribution in [2.24, 2.45) is 0 Å². The van der Waals surface area contributed by atoms with Crippen molar-refractivity contribution >= 4 is 23.1 Å². The smallest absolute Gasteiger partial charge is 0.378 e. The number of carbonyl (C=O) groups is 1. The molecule has 0 aromatic heterocycles. The van der Waals surface area contributed by atoms with Crippen molar-refractivity contribution < 1.29 is 18.3 Å². The second-order valence-corrected chi connectivity index (χ2v) is 4.45. The van der Waals surface area contributed by atoms with E-state index in [1.165, 1.54) is 12.1 Å². The third kappa shape index (κ3) is 2.97. The lowest BCUT2D eigenvalue weighted by Crippen LogP contribution is -2.36. The number of hydrogen-bond donors (Lipinski definition) is 0. The van der Waals surface area contributed by atoms with Crippen LogP contribution in [0.15, 0.2) is 24.3 Å². The molecule has 0 spiro atoms. The maximum Gasteiger partial charge on any atom is 0.384 e. The van der Waals surface area contributed by atoms with Gasteiger partial charge < -0.3 is 9.64 Å². The minimum absolute atomic E-state index is 0.0907. The first-order valence-electron chi connectivity index (χ1n) is 5.53. The Balaban J connectivity index is 2.12. The SMILES string of the molecule is O=C(c1ccc(N2CCOCC2)cc1)C(F)(F)Cl. The Morgan fingerprint density at radius 3 is 2.28 bits per heavy atom. The van der Waals surface area contributed by atoms with Crippen molar-refractivity contribution in [2.75, 3.05) is 31.2 Å². The minimum Gasteiger partial charge on any atom is -0.378 e. The van der Waals surface area contributed by atoms with Gasteiger partial charge in [0, 0.05) is 24.3 Å². The van der Waals surface area contributed by atoms with Crippen LogP contribution in [0.3, 0.4) is 0 Å². The van der Waals surface area contributed by atoms with Crippen LogP contribution in [0.4, 0.5) is 14.5 Å². The quantitative estimate of drug-likeness (QED) is 0.627. The number of nitrogens with zero attached hydrogens (tertiary/aromatic N) is 1. The molecule has 1 aromatic carbocycles. The molecule has 1 heterocycles. The summed E-state index contributed by atoms with van der Waals surface area (Å²) in [5.74, 6) is -1.38. The molecule has 1 aromatic rings. The molecule has 1 fully saturated rings. The van der Waals surface area contributed by atoms with Crippen molar-refractivity contribution in [3.05, 3.63) is 29.8 Å². The lowest BCUT2D eigenvalue weighted by molar-refractivity contribution is 0.0536. The fraction of sp³-hybridized carbons (Fsp3) is 0.417. The van der Waals surface area contributed by atoms with Crippen LogP contribution in [-0.2, 0) is 4.74 Å². The molecule has 1 aliphatic heterocycles. The van der Waals surface area contributed by atoms with Gasteiger partial charge in [0.25, 0.3) is 0 Å². The predicted octanol–water partition coefficient (Wildman–Crippen LogP) is 2.54. The number of morpholine rings is 1. The molecule has 3 nitrogen and oxygen atoms in total. The van der Waals surface area contributed by atoms with E-state index in [0.29, 0.717) is 13.2 Å². The fourth-order valence-electron chi connectivity index (χ4n) is 1.81. The highest BCUT2D eigenvalue weighted by Crippen LogP contribution is 2.25. The number of ether oxygens (including phenoxy) is 1. The normalized spacial score (nSPS) is 16.7. The first kappa shape index (κ1) is 13.2. The fourth-order valence-corrected chi connectivity index (χ4v) is 1.92. The Kier molecular flexibility index (Phi) is 3.82. The van der Waals surface area contributed by atoms with Gasteiger partial charge in [-0.2, -0.15) is 8.78 Å². The first-order chi connectivity index (χ1) is 8.48. The van der Waals surface area contributed by atoms with E-state index in [9.17, 15) is 13.6 Å². The lowest BCUT2D eigenvalue weighted by Gasteiger charge is -2.28. The van der Waals surface area contributed by atoms with Crippen LogP contribution < -0.4 is 4.90 Å². The van der Waals surface area contributed by atoms with Crippen LogP contribution in [0, 0.1) is 0 Å². The second-order valence-electron chi connectivity index (χ2n) is 3.97. The molecule has 6 heteroatoms. The van der Waals surface area contributed by atoms with E-state index < -0.39 is 11.2 Å². The molecule has 2 rings (SSSR count). The summed E-state index contributed by atoms with van der Waals surface area (Å²) in [6.45, 7) is 2.78. The Labute approximate surface area is 108 Å². The van der Waals surface area contributed by atoms with Gasteiger partial charge >= 0.3 is 5.38 Å². The van der Waals surface area contributed by atoms with Crippen LogP contribution in [-0.4, -0.2) is 37.5 Å². The molecule has 98 valence electrons. The summed E-state index contributed by atoms with van der Waals surface area (Å²) in [5, 5.41) is -3.85. The highest BCUT2D eigenvalue weighted by Gasteiger charge is 2.36. The zero-order chi connectivity index (χ0) is 13.2. The van der Waals surface area contributed by atoms with Crippen LogP contribution in [0.2, 0.25) is 0 Å². The maximum atomic E-state index is 12.6. The van der Waals surface area contributed by atoms with Gasteiger partial charge in [-0.05, 0) is 35.9 Å². The molecule has 0 saturated carbocycles. The van der Waals surface area contributed by atoms with E-state index in [1.807, 2.05) is 0 Å². The number of benzene rings is 1. The van der Waals surface area contributed by atoms with Crippen molar-refractivity contribution in [1.82, 2.24) is 0 Å². The molecule has 0 unspecified atom stereocenters. The third-order valence-electron chi connectivity index (χ3n) is 2.76. The molecule has 0 bridgehead atoms. The third-order valence-corrected chi connectivity index (χ3v) is 2.93. The number of ketones is 1. The van der Waals surface area contributed by atoms with E-state index in [1.54, 1.807) is 12.1 Å².